The molecule has 0 aliphatic heterocycles. The summed E-state index contributed by atoms with van der Waals surface area (Å²) >= 11 is 0. The third kappa shape index (κ3) is 2.96. The summed E-state index contributed by atoms with van der Waals surface area (Å²) in [4.78, 5) is 2.49. The van der Waals surface area contributed by atoms with Crippen LogP contribution in [0.4, 0.5) is 0 Å². The molecule has 0 radical (unpaired) electrons. The minimum absolute atomic E-state index is 0.547. The van der Waals surface area contributed by atoms with E-state index in [1.807, 2.05) is 18.2 Å². The first-order chi connectivity index (χ1) is 9.54. The van der Waals surface area contributed by atoms with Crippen molar-refractivity contribution in [2.24, 2.45) is 0 Å². The molecule has 110 valence electrons. The molecule has 2 aromatic rings. The van der Waals surface area contributed by atoms with E-state index < -0.39 is 0 Å². The Hall–Kier alpha value is -1.55. The SMILES string of the molecule is COc1cccc2n[nH]c(CCN(C(C)C)C(C)C)c12. The number of hydrogen-bond donors (Lipinski definition) is 1. The number of fused-ring (bicyclic) bond motifs is 1. The van der Waals surface area contributed by atoms with E-state index in [1.54, 1.807) is 7.11 Å². The van der Waals surface area contributed by atoms with Gasteiger partial charge < -0.3 is 4.74 Å². The van der Waals surface area contributed by atoms with Crippen LogP contribution in [0.25, 0.3) is 10.9 Å². The van der Waals surface area contributed by atoms with Crippen LogP contribution < -0.4 is 4.74 Å². The summed E-state index contributed by atoms with van der Waals surface area (Å²) < 4.78 is 5.45. The van der Waals surface area contributed by atoms with Crippen molar-refractivity contribution in [3.05, 3.63) is 23.9 Å². The third-order valence-corrected chi connectivity index (χ3v) is 3.78. The number of nitrogens with one attached hydrogen (secondary N) is 1. The van der Waals surface area contributed by atoms with E-state index in [0.717, 1.165) is 35.3 Å². The topological polar surface area (TPSA) is 41.1 Å². The average Bonchev–Trinajstić information content (AvgIpc) is 2.81. The predicted molar refractivity (Wildman–Crippen MR) is 83.3 cm³/mol. The van der Waals surface area contributed by atoms with Gasteiger partial charge in [-0.25, -0.2) is 0 Å². The highest BCUT2D eigenvalue weighted by molar-refractivity contribution is 5.87. The number of H-pyrrole nitrogens is 1. The largest absolute Gasteiger partial charge is 0.496 e. The molecule has 0 atom stereocenters. The summed E-state index contributed by atoms with van der Waals surface area (Å²) in [5.41, 5.74) is 2.13. The van der Waals surface area contributed by atoms with Crippen molar-refractivity contribution in [1.29, 1.82) is 0 Å². The smallest absolute Gasteiger partial charge is 0.130 e. The van der Waals surface area contributed by atoms with Gasteiger partial charge in [0.15, 0.2) is 0 Å². The number of rotatable bonds is 6. The Morgan fingerprint density at radius 3 is 2.50 bits per heavy atom. The summed E-state index contributed by atoms with van der Waals surface area (Å²) in [6.45, 7) is 9.99. The molecule has 1 N–H and O–H groups in total. The summed E-state index contributed by atoms with van der Waals surface area (Å²) in [6.07, 6.45) is 0.952. The first-order valence-electron chi connectivity index (χ1n) is 7.30. The second kappa shape index (κ2) is 6.27. The zero-order valence-corrected chi connectivity index (χ0v) is 13.1. The molecule has 0 saturated carbocycles. The maximum Gasteiger partial charge on any atom is 0.130 e. The van der Waals surface area contributed by atoms with Crippen molar-refractivity contribution in [3.63, 3.8) is 0 Å². The molecule has 1 aromatic carbocycles. The first kappa shape index (κ1) is 14.9. The van der Waals surface area contributed by atoms with E-state index in [9.17, 15) is 0 Å². The van der Waals surface area contributed by atoms with Gasteiger partial charge in [-0.2, -0.15) is 5.10 Å². The van der Waals surface area contributed by atoms with Crippen molar-refractivity contribution in [2.45, 2.75) is 46.2 Å². The van der Waals surface area contributed by atoms with Gasteiger partial charge in [0.1, 0.15) is 5.75 Å². The molecule has 0 unspecified atom stereocenters. The molecule has 0 fully saturated rings. The molecule has 0 aliphatic carbocycles. The van der Waals surface area contributed by atoms with Gasteiger partial charge in [-0.15, -0.1) is 0 Å². The van der Waals surface area contributed by atoms with Crippen molar-refractivity contribution in [2.75, 3.05) is 13.7 Å². The Morgan fingerprint density at radius 2 is 1.90 bits per heavy atom. The summed E-state index contributed by atoms with van der Waals surface area (Å²) in [6, 6.07) is 7.07. The Morgan fingerprint density at radius 1 is 1.20 bits per heavy atom. The van der Waals surface area contributed by atoms with Gasteiger partial charge in [0, 0.05) is 30.7 Å². The van der Waals surface area contributed by atoms with Crippen LogP contribution in [0.15, 0.2) is 18.2 Å². The second-order valence-electron chi connectivity index (χ2n) is 5.73. The zero-order chi connectivity index (χ0) is 14.7. The van der Waals surface area contributed by atoms with Crippen LogP contribution in [0.5, 0.6) is 5.75 Å². The lowest BCUT2D eigenvalue weighted by molar-refractivity contribution is 0.177. The van der Waals surface area contributed by atoms with Crippen LogP contribution in [0, 0.1) is 0 Å². The molecular formula is C16H25N3O. The minimum Gasteiger partial charge on any atom is -0.496 e. The fourth-order valence-corrected chi connectivity index (χ4v) is 2.80. The molecule has 0 bridgehead atoms. The standard InChI is InChI=1S/C16H25N3O/c1-11(2)19(12(3)4)10-9-14-16-13(17-18-14)7-6-8-15(16)20-5/h6-8,11-12H,9-10H2,1-5H3,(H,17,18). The summed E-state index contributed by atoms with van der Waals surface area (Å²) in [5.74, 6) is 0.895. The van der Waals surface area contributed by atoms with Crippen molar-refractivity contribution in [1.82, 2.24) is 15.1 Å². The molecular weight excluding hydrogens is 250 g/mol. The Balaban J connectivity index is 2.22. The average molecular weight is 275 g/mol. The van der Waals surface area contributed by atoms with Crippen LogP contribution in [-0.4, -0.2) is 40.8 Å². The normalized spacial score (nSPS) is 12.0. The first-order valence-corrected chi connectivity index (χ1v) is 7.30. The molecule has 1 heterocycles. The van der Waals surface area contributed by atoms with E-state index >= 15 is 0 Å². The molecule has 0 aliphatic rings. The van der Waals surface area contributed by atoms with Crippen LogP contribution in [-0.2, 0) is 6.42 Å². The fourth-order valence-electron chi connectivity index (χ4n) is 2.80. The molecule has 4 nitrogen and oxygen atoms in total. The number of ether oxygens (including phenoxy) is 1. The molecule has 0 amide bonds. The van der Waals surface area contributed by atoms with E-state index in [0.29, 0.717) is 12.1 Å². The molecule has 0 saturated heterocycles. The predicted octanol–water partition coefficient (Wildman–Crippen LogP) is 3.23. The van der Waals surface area contributed by atoms with Gasteiger partial charge in [-0.3, -0.25) is 10.00 Å². The Labute approximate surface area is 121 Å². The lowest BCUT2D eigenvalue weighted by atomic mass is 10.1. The Bertz CT molecular complexity index is 552. The third-order valence-electron chi connectivity index (χ3n) is 3.78. The summed E-state index contributed by atoms with van der Waals surface area (Å²) in [5, 5.41) is 8.65. The molecule has 0 spiro atoms. The van der Waals surface area contributed by atoms with Gasteiger partial charge in [-0.05, 0) is 39.8 Å². The van der Waals surface area contributed by atoms with E-state index in [2.05, 4.69) is 42.8 Å². The lowest BCUT2D eigenvalue weighted by Gasteiger charge is -2.30. The molecule has 20 heavy (non-hydrogen) atoms. The number of aromatic nitrogens is 2. The van der Waals surface area contributed by atoms with E-state index in [1.165, 1.54) is 0 Å². The monoisotopic (exact) mass is 275 g/mol. The maximum atomic E-state index is 5.45. The minimum atomic E-state index is 0.547. The van der Waals surface area contributed by atoms with Crippen molar-refractivity contribution < 1.29 is 4.74 Å². The molecule has 1 aromatic heterocycles. The van der Waals surface area contributed by atoms with E-state index in [-0.39, 0.29) is 0 Å². The van der Waals surface area contributed by atoms with Crippen molar-refractivity contribution >= 4 is 10.9 Å². The number of nitrogens with zero attached hydrogens (tertiary/aromatic N) is 2. The molecule has 4 heteroatoms. The van der Waals surface area contributed by atoms with Gasteiger partial charge in [-0.1, -0.05) is 6.07 Å². The highest BCUT2D eigenvalue weighted by Crippen LogP contribution is 2.27. The quantitative estimate of drug-likeness (QED) is 0.880. The van der Waals surface area contributed by atoms with Crippen LogP contribution in [0.3, 0.4) is 0 Å². The number of aromatic amines is 1. The van der Waals surface area contributed by atoms with Gasteiger partial charge in [0.2, 0.25) is 0 Å². The summed E-state index contributed by atoms with van der Waals surface area (Å²) in [7, 11) is 1.71. The Kier molecular flexibility index (Phi) is 4.65. The van der Waals surface area contributed by atoms with Gasteiger partial charge >= 0.3 is 0 Å². The van der Waals surface area contributed by atoms with Crippen molar-refractivity contribution in [3.8, 4) is 5.75 Å². The van der Waals surface area contributed by atoms with Crippen LogP contribution in [0.2, 0.25) is 0 Å². The highest BCUT2D eigenvalue weighted by Gasteiger charge is 2.16. The lowest BCUT2D eigenvalue weighted by Crippen LogP contribution is -2.38. The second-order valence-corrected chi connectivity index (χ2v) is 5.73. The number of benzene rings is 1. The van der Waals surface area contributed by atoms with Gasteiger partial charge in [0.25, 0.3) is 0 Å². The maximum absolute atomic E-state index is 5.45. The van der Waals surface area contributed by atoms with Gasteiger partial charge in [0.05, 0.1) is 18.0 Å². The molecule has 2 rings (SSSR count). The number of methoxy groups -OCH3 is 1. The fraction of sp³-hybridized carbons (Fsp3) is 0.562. The zero-order valence-electron chi connectivity index (χ0n) is 13.1. The highest BCUT2D eigenvalue weighted by atomic mass is 16.5. The number of hydrogen-bond acceptors (Lipinski definition) is 3. The van der Waals surface area contributed by atoms with E-state index in [4.69, 9.17) is 4.74 Å². The van der Waals surface area contributed by atoms with Crippen LogP contribution >= 0.6 is 0 Å². The van der Waals surface area contributed by atoms with Crippen LogP contribution in [0.1, 0.15) is 33.4 Å².